The van der Waals surface area contributed by atoms with Crippen molar-refractivity contribution in [1.29, 1.82) is 0 Å². The van der Waals surface area contributed by atoms with Crippen LogP contribution in [0.3, 0.4) is 0 Å². The summed E-state index contributed by atoms with van der Waals surface area (Å²) in [6.07, 6.45) is 4.22. The third kappa shape index (κ3) is 4.39. The third-order valence-corrected chi connectivity index (χ3v) is 4.96. The van der Waals surface area contributed by atoms with Crippen LogP contribution in [-0.2, 0) is 20.9 Å². The van der Waals surface area contributed by atoms with Crippen LogP contribution in [0.25, 0.3) is 0 Å². The second-order valence-electron chi connectivity index (χ2n) is 6.61. The van der Waals surface area contributed by atoms with Crippen LogP contribution in [0.2, 0.25) is 0 Å². The summed E-state index contributed by atoms with van der Waals surface area (Å²) < 4.78 is 11.0. The Bertz CT molecular complexity index is 650. The standard InChI is InChI=1S/C19H23NO5/c21-17(22)16(15-7-10-19(11-8-15)9-4-12-25-19)20-18(23)24-13-14-5-2-1-3-6-14/h1-3,5-6H,4,7-13H2,(H,20,23)(H,21,22). The number of nitrogens with one attached hydrogen (secondary N) is 1. The van der Waals surface area contributed by atoms with Crippen molar-refractivity contribution in [2.24, 2.45) is 0 Å². The number of alkyl carbamates (subject to hydrolysis) is 1. The van der Waals surface area contributed by atoms with E-state index in [1.54, 1.807) is 0 Å². The molecule has 1 aliphatic heterocycles. The molecule has 1 saturated carbocycles. The molecule has 1 spiro atoms. The highest BCUT2D eigenvalue weighted by molar-refractivity contribution is 5.91. The van der Waals surface area contributed by atoms with Gasteiger partial charge in [-0.3, -0.25) is 5.32 Å². The highest BCUT2D eigenvalue weighted by atomic mass is 16.5. The van der Waals surface area contributed by atoms with Crippen LogP contribution in [0.4, 0.5) is 4.79 Å². The number of benzene rings is 1. The molecule has 1 aliphatic carbocycles. The molecule has 1 heterocycles. The van der Waals surface area contributed by atoms with Crippen molar-refractivity contribution in [2.75, 3.05) is 6.61 Å². The Kier molecular flexibility index (Phi) is 5.38. The summed E-state index contributed by atoms with van der Waals surface area (Å²) in [5.41, 5.74) is 1.47. The first-order valence-electron chi connectivity index (χ1n) is 8.65. The van der Waals surface area contributed by atoms with E-state index in [-0.39, 0.29) is 17.9 Å². The molecule has 0 unspecified atom stereocenters. The number of allylic oxidation sites excluding steroid dienone is 1. The van der Waals surface area contributed by atoms with Gasteiger partial charge in [0.15, 0.2) is 0 Å². The fourth-order valence-corrected chi connectivity index (χ4v) is 3.56. The molecule has 3 rings (SSSR count). The molecule has 2 fully saturated rings. The zero-order valence-electron chi connectivity index (χ0n) is 14.1. The zero-order chi connectivity index (χ0) is 17.7. The molecule has 0 bridgehead atoms. The number of aliphatic carboxylic acids is 1. The Balaban J connectivity index is 1.59. The molecule has 1 aromatic rings. The summed E-state index contributed by atoms with van der Waals surface area (Å²) in [6, 6.07) is 9.26. The maximum Gasteiger partial charge on any atom is 0.412 e. The van der Waals surface area contributed by atoms with E-state index in [2.05, 4.69) is 5.32 Å². The van der Waals surface area contributed by atoms with Crippen LogP contribution in [0.5, 0.6) is 0 Å². The van der Waals surface area contributed by atoms with Crippen molar-refractivity contribution in [3.8, 4) is 0 Å². The minimum Gasteiger partial charge on any atom is -0.477 e. The second kappa shape index (κ2) is 7.70. The van der Waals surface area contributed by atoms with Crippen LogP contribution in [-0.4, -0.2) is 29.4 Å². The monoisotopic (exact) mass is 345 g/mol. The van der Waals surface area contributed by atoms with Gasteiger partial charge >= 0.3 is 12.1 Å². The molecule has 1 amide bonds. The van der Waals surface area contributed by atoms with Gasteiger partial charge in [-0.15, -0.1) is 0 Å². The molecule has 134 valence electrons. The number of carbonyl (C=O) groups excluding carboxylic acids is 1. The number of rotatable bonds is 4. The first-order valence-corrected chi connectivity index (χ1v) is 8.65. The number of ether oxygens (including phenoxy) is 2. The van der Waals surface area contributed by atoms with Crippen LogP contribution >= 0.6 is 0 Å². The maximum absolute atomic E-state index is 12.0. The summed E-state index contributed by atoms with van der Waals surface area (Å²) >= 11 is 0. The summed E-state index contributed by atoms with van der Waals surface area (Å²) in [5, 5.41) is 11.9. The first-order chi connectivity index (χ1) is 12.1. The number of carbonyl (C=O) groups is 2. The van der Waals surface area contributed by atoms with Gasteiger partial charge in [-0.05, 0) is 49.7 Å². The van der Waals surface area contributed by atoms with Crippen molar-refractivity contribution >= 4 is 12.1 Å². The average Bonchev–Trinajstić information content (AvgIpc) is 3.08. The number of carboxylic acid groups (broad SMARTS) is 1. The molecule has 2 aliphatic rings. The van der Waals surface area contributed by atoms with E-state index < -0.39 is 12.1 Å². The molecule has 0 radical (unpaired) electrons. The van der Waals surface area contributed by atoms with Crippen LogP contribution in [0, 0.1) is 0 Å². The molecule has 1 saturated heterocycles. The molecule has 25 heavy (non-hydrogen) atoms. The minimum absolute atomic E-state index is 0.0501. The van der Waals surface area contributed by atoms with E-state index in [4.69, 9.17) is 9.47 Å². The van der Waals surface area contributed by atoms with Gasteiger partial charge in [0.2, 0.25) is 0 Å². The maximum atomic E-state index is 12.0. The number of hydrogen-bond donors (Lipinski definition) is 2. The van der Waals surface area contributed by atoms with Gasteiger partial charge in [0, 0.05) is 6.61 Å². The molecule has 6 heteroatoms. The Morgan fingerprint density at radius 2 is 1.88 bits per heavy atom. The van der Waals surface area contributed by atoms with E-state index in [1.807, 2.05) is 30.3 Å². The predicted molar refractivity (Wildman–Crippen MR) is 90.8 cm³/mol. The van der Waals surface area contributed by atoms with Crippen LogP contribution in [0.15, 0.2) is 41.6 Å². The van der Waals surface area contributed by atoms with E-state index in [0.717, 1.165) is 43.4 Å². The van der Waals surface area contributed by atoms with E-state index in [0.29, 0.717) is 12.8 Å². The van der Waals surface area contributed by atoms with Crippen molar-refractivity contribution < 1.29 is 24.2 Å². The lowest BCUT2D eigenvalue weighted by atomic mass is 9.79. The third-order valence-electron chi connectivity index (χ3n) is 4.96. The van der Waals surface area contributed by atoms with Gasteiger partial charge in [0.25, 0.3) is 0 Å². The van der Waals surface area contributed by atoms with Crippen molar-refractivity contribution in [3.63, 3.8) is 0 Å². The van der Waals surface area contributed by atoms with Gasteiger partial charge in [-0.1, -0.05) is 30.3 Å². The molecule has 6 nitrogen and oxygen atoms in total. The summed E-state index contributed by atoms with van der Waals surface area (Å²) in [5.74, 6) is -1.13. The lowest BCUT2D eigenvalue weighted by Crippen LogP contribution is -2.34. The molecular formula is C19H23NO5. The number of hydrogen-bond acceptors (Lipinski definition) is 4. The summed E-state index contributed by atoms with van der Waals surface area (Å²) in [4.78, 5) is 23.5. The lowest BCUT2D eigenvalue weighted by Gasteiger charge is -2.34. The van der Waals surface area contributed by atoms with Crippen molar-refractivity contribution in [3.05, 3.63) is 47.2 Å². The van der Waals surface area contributed by atoms with Gasteiger partial charge in [0.1, 0.15) is 12.3 Å². The largest absolute Gasteiger partial charge is 0.477 e. The quantitative estimate of drug-likeness (QED) is 0.817. The van der Waals surface area contributed by atoms with Gasteiger partial charge in [0.05, 0.1) is 5.60 Å². The van der Waals surface area contributed by atoms with Gasteiger partial charge < -0.3 is 14.6 Å². The topological polar surface area (TPSA) is 84.9 Å². The van der Waals surface area contributed by atoms with Crippen LogP contribution < -0.4 is 5.32 Å². The number of carboxylic acids is 1. The van der Waals surface area contributed by atoms with Crippen molar-refractivity contribution in [2.45, 2.75) is 50.7 Å². The Hall–Kier alpha value is -2.34. The zero-order valence-corrected chi connectivity index (χ0v) is 14.1. The Labute approximate surface area is 146 Å². The highest BCUT2D eigenvalue weighted by Crippen LogP contribution is 2.41. The smallest absolute Gasteiger partial charge is 0.412 e. The van der Waals surface area contributed by atoms with Gasteiger partial charge in [-0.2, -0.15) is 0 Å². The highest BCUT2D eigenvalue weighted by Gasteiger charge is 2.38. The minimum atomic E-state index is -1.13. The Morgan fingerprint density at radius 1 is 1.16 bits per heavy atom. The lowest BCUT2D eigenvalue weighted by molar-refractivity contribution is -0.133. The van der Waals surface area contributed by atoms with E-state index in [1.165, 1.54) is 0 Å². The van der Waals surface area contributed by atoms with Gasteiger partial charge in [-0.25, -0.2) is 9.59 Å². The molecule has 0 aromatic heterocycles. The molecule has 0 atom stereocenters. The second-order valence-corrected chi connectivity index (χ2v) is 6.61. The first kappa shape index (κ1) is 17.5. The predicted octanol–water partition coefficient (Wildman–Crippen LogP) is 3.37. The summed E-state index contributed by atoms with van der Waals surface area (Å²) in [6.45, 7) is 0.890. The molecular weight excluding hydrogens is 322 g/mol. The van der Waals surface area contributed by atoms with Crippen LogP contribution in [0.1, 0.15) is 44.1 Å². The van der Waals surface area contributed by atoms with Crippen molar-refractivity contribution in [1.82, 2.24) is 5.32 Å². The molecule has 2 N–H and O–H groups in total. The summed E-state index contributed by atoms with van der Waals surface area (Å²) in [7, 11) is 0. The number of amides is 1. The Morgan fingerprint density at radius 3 is 2.48 bits per heavy atom. The van der Waals surface area contributed by atoms with E-state index >= 15 is 0 Å². The average molecular weight is 345 g/mol. The van der Waals surface area contributed by atoms with E-state index in [9.17, 15) is 14.7 Å². The molecule has 1 aromatic carbocycles. The fourth-order valence-electron chi connectivity index (χ4n) is 3.56. The fraction of sp³-hybridized carbons (Fsp3) is 0.474. The SMILES string of the molecule is O=C(NC(C(=O)O)=C1CCC2(CCCO2)CC1)OCc1ccccc1. The normalized spacial score (nSPS) is 22.6.